The summed E-state index contributed by atoms with van der Waals surface area (Å²) in [7, 11) is 0. The molecule has 1 aromatic rings. The molecule has 1 aliphatic rings. The van der Waals surface area contributed by atoms with Gasteiger partial charge in [-0.05, 0) is 51.6 Å². The van der Waals surface area contributed by atoms with Crippen LogP contribution in [0, 0.1) is 18.8 Å². The number of thiazole rings is 1. The van der Waals surface area contributed by atoms with Gasteiger partial charge in [-0.15, -0.1) is 36.2 Å². The first kappa shape index (κ1) is 21.6. The van der Waals surface area contributed by atoms with Gasteiger partial charge in [0.05, 0.1) is 6.04 Å². The number of hydrogen-bond acceptors (Lipinski definition) is 4. The van der Waals surface area contributed by atoms with Crippen LogP contribution in [0.5, 0.6) is 0 Å². The topological polar surface area (TPSA) is 54.0 Å². The molecule has 128 valence electrons. The van der Waals surface area contributed by atoms with Gasteiger partial charge >= 0.3 is 0 Å². The number of amides is 1. The Hall–Kier alpha value is -0.360. The highest BCUT2D eigenvalue weighted by atomic mass is 35.5. The second-order valence-electron chi connectivity index (χ2n) is 5.89. The molecule has 0 aromatic carbocycles. The minimum Gasteiger partial charge on any atom is -0.347 e. The first-order valence-corrected chi connectivity index (χ1v) is 8.30. The van der Waals surface area contributed by atoms with Gasteiger partial charge < -0.3 is 10.6 Å². The Bertz CT molecular complexity index is 450. The molecule has 2 rings (SSSR count). The summed E-state index contributed by atoms with van der Waals surface area (Å²) in [5.74, 6) is 1.21. The molecule has 3 unspecified atom stereocenters. The Morgan fingerprint density at radius 2 is 2.23 bits per heavy atom. The van der Waals surface area contributed by atoms with Crippen LogP contribution in [-0.4, -0.2) is 24.0 Å². The number of aromatic nitrogens is 1. The predicted molar refractivity (Wildman–Crippen MR) is 97.3 cm³/mol. The van der Waals surface area contributed by atoms with Crippen molar-refractivity contribution < 1.29 is 4.79 Å². The molecule has 0 spiro atoms. The number of hydrogen-bond donors (Lipinski definition) is 2. The molecule has 4 nitrogen and oxygen atoms in total. The fourth-order valence-corrected chi connectivity index (χ4v) is 3.53. The predicted octanol–water partition coefficient (Wildman–Crippen LogP) is 3.50. The number of piperidine rings is 1. The molecule has 0 bridgehead atoms. The monoisotopic (exact) mass is 367 g/mol. The van der Waals surface area contributed by atoms with E-state index in [-0.39, 0.29) is 36.8 Å². The molecule has 1 amide bonds. The molecular formula is C15H27Cl2N3OS. The van der Waals surface area contributed by atoms with E-state index in [1.807, 2.05) is 20.0 Å². The number of nitrogens with zero attached hydrogens (tertiary/aromatic N) is 1. The van der Waals surface area contributed by atoms with E-state index >= 15 is 0 Å². The molecule has 22 heavy (non-hydrogen) atoms. The second kappa shape index (κ2) is 10.4. The van der Waals surface area contributed by atoms with Gasteiger partial charge in [0.25, 0.3) is 0 Å². The van der Waals surface area contributed by atoms with E-state index in [4.69, 9.17) is 0 Å². The van der Waals surface area contributed by atoms with Crippen LogP contribution in [-0.2, 0) is 4.79 Å². The molecule has 1 aromatic heterocycles. The first-order chi connectivity index (χ1) is 9.56. The average molecular weight is 368 g/mol. The Morgan fingerprint density at radius 1 is 1.50 bits per heavy atom. The maximum atomic E-state index is 12.1. The fraction of sp³-hybridized carbons (Fsp3) is 0.733. The van der Waals surface area contributed by atoms with E-state index in [1.54, 1.807) is 11.3 Å². The lowest BCUT2D eigenvalue weighted by Crippen LogP contribution is -2.36. The van der Waals surface area contributed by atoms with Crippen LogP contribution >= 0.6 is 36.2 Å². The van der Waals surface area contributed by atoms with Crippen LogP contribution in [0.25, 0.3) is 0 Å². The van der Waals surface area contributed by atoms with Crippen LogP contribution in [0.4, 0.5) is 0 Å². The van der Waals surface area contributed by atoms with Gasteiger partial charge in [0.2, 0.25) is 5.91 Å². The summed E-state index contributed by atoms with van der Waals surface area (Å²) < 4.78 is 0. The van der Waals surface area contributed by atoms with Crippen LogP contribution in [0.3, 0.4) is 0 Å². The van der Waals surface area contributed by atoms with E-state index in [1.165, 1.54) is 17.7 Å². The smallest absolute Gasteiger partial charge is 0.220 e. The van der Waals surface area contributed by atoms with Gasteiger partial charge in [-0.3, -0.25) is 4.79 Å². The van der Waals surface area contributed by atoms with Gasteiger partial charge in [-0.1, -0.05) is 6.92 Å². The molecule has 1 saturated heterocycles. The lowest BCUT2D eigenvalue weighted by Gasteiger charge is -2.28. The van der Waals surface area contributed by atoms with Crippen LogP contribution < -0.4 is 10.6 Å². The fourth-order valence-electron chi connectivity index (χ4n) is 2.76. The summed E-state index contributed by atoms with van der Waals surface area (Å²) in [5, 5.41) is 7.48. The zero-order valence-electron chi connectivity index (χ0n) is 13.4. The normalized spacial score (nSPS) is 20.2. The SMILES string of the molecule is Cc1cnc(C(C)NC(=O)CC(C)C2CCCNC2)s1.Cl.Cl. The van der Waals surface area contributed by atoms with Crippen molar-refractivity contribution in [2.45, 2.75) is 46.1 Å². The molecule has 0 saturated carbocycles. The summed E-state index contributed by atoms with van der Waals surface area (Å²) >= 11 is 1.65. The zero-order valence-corrected chi connectivity index (χ0v) is 15.9. The molecule has 1 fully saturated rings. The number of aryl methyl sites for hydroxylation is 1. The van der Waals surface area contributed by atoms with Crippen molar-refractivity contribution in [2.24, 2.45) is 11.8 Å². The van der Waals surface area contributed by atoms with Crippen molar-refractivity contribution in [3.63, 3.8) is 0 Å². The molecule has 0 radical (unpaired) electrons. The molecule has 2 N–H and O–H groups in total. The van der Waals surface area contributed by atoms with E-state index < -0.39 is 0 Å². The molecular weight excluding hydrogens is 341 g/mol. The number of nitrogens with one attached hydrogen (secondary N) is 2. The minimum atomic E-state index is 0. The third-order valence-electron chi connectivity index (χ3n) is 4.03. The number of halogens is 2. The lowest BCUT2D eigenvalue weighted by atomic mass is 9.85. The maximum absolute atomic E-state index is 12.1. The molecule has 3 atom stereocenters. The quantitative estimate of drug-likeness (QED) is 0.837. The highest BCUT2D eigenvalue weighted by molar-refractivity contribution is 7.11. The van der Waals surface area contributed by atoms with Gasteiger partial charge in [0, 0.05) is 17.5 Å². The van der Waals surface area contributed by atoms with Gasteiger partial charge in [-0.25, -0.2) is 4.98 Å². The third kappa shape index (κ3) is 6.41. The van der Waals surface area contributed by atoms with Gasteiger partial charge in [0.15, 0.2) is 0 Å². The molecule has 0 aliphatic carbocycles. The van der Waals surface area contributed by atoms with Gasteiger partial charge in [0.1, 0.15) is 5.01 Å². The van der Waals surface area contributed by atoms with E-state index in [9.17, 15) is 4.79 Å². The number of rotatable bonds is 5. The van der Waals surface area contributed by atoms with Crippen molar-refractivity contribution in [2.75, 3.05) is 13.1 Å². The first-order valence-electron chi connectivity index (χ1n) is 7.48. The number of carbonyl (C=O) groups is 1. The second-order valence-corrected chi connectivity index (χ2v) is 7.15. The zero-order chi connectivity index (χ0) is 14.5. The Balaban J connectivity index is 0.00000220. The highest BCUT2D eigenvalue weighted by Gasteiger charge is 2.23. The largest absolute Gasteiger partial charge is 0.347 e. The van der Waals surface area contributed by atoms with Crippen molar-refractivity contribution in [1.82, 2.24) is 15.6 Å². The molecule has 1 aliphatic heterocycles. The summed E-state index contributed by atoms with van der Waals surface area (Å²) in [6, 6.07) is 0.0119. The minimum absolute atomic E-state index is 0. The number of carbonyl (C=O) groups excluding carboxylic acids is 1. The van der Waals surface area contributed by atoms with Crippen molar-refractivity contribution in [3.8, 4) is 0 Å². The summed E-state index contributed by atoms with van der Waals surface area (Å²) in [5.41, 5.74) is 0. The maximum Gasteiger partial charge on any atom is 0.220 e. The van der Waals surface area contributed by atoms with Gasteiger partial charge in [-0.2, -0.15) is 0 Å². The van der Waals surface area contributed by atoms with Crippen molar-refractivity contribution >= 4 is 42.1 Å². The summed E-state index contributed by atoms with van der Waals surface area (Å²) in [6.45, 7) is 8.40. The Kier molecular flexibility index (Phi) is 10.3. The van der Waals surface area contributed by atoms with Crippen molar-refractivity contribution in [3.05, 3.63) is 16.1 Å². The van der Waals surface area contributed by atoms with E-state index in [0.717, 1.165) is 18.1 Å². The van der Waals surface area contributed by atoms with E-state index in [2.05, 4.69) is 22.5 Å². The summed E-state index contributed by atoms with van der Waals surface area (Å²) in [4.78, 5) is 17.6. The van der Waals surface area contributed by atoms with Crippen LogP contribution in [0.2, 0.25) is 0 Å². The highest BCUT2D eigenvalue weighted by Crippen LogP contribution is 2.23. The standard InChI is InChI=1S/C15H25N3OS.2ClH/c1-10(13-5-4-6-16-9-13)7-14(19)18-12(3)15-17-8-11(2)20-15;;/h8,10,12-13,16H,4-7,9H2,1-3H3,(H,18,19);2*1H. The lowest BCUT2D eigenvalue weighted by molar-refractivity contribution is -0.123. The Labute approximate surface area is 149 Å². The Morgan fingerprint density at radius 3 is 2.77 bits per heavy atom. The van der Waals surface area contributed by atoms with Crippen LogP contribution in [0.1, 0.15) is 49.0 Å². The third-order valence-corrected chi connectivity index (χ3v) is 5.13. The van der Waals surface area contributed by atoms with Crippen LogP contribution in [0.15, 0.2) is 6.20 Å². The van der Waals surface area contributed by atoms with E-state index in [0.29, 0.717) is 18.3 Å². The molecule has 2 heterocycles. The summed E-state index contributed by atoms with van der Waals surface area (Å²) in [6.07, 6.45) is 4.94. The van der Waals surface area contributed by atoms with Crippen molar-refractivity contribution in [1.29, 1.82) is 0 Å². The average Bonchev–Trinajstić information content (AvgIpc) is 2.86. The molecule has 7 heteroatoms.